The van der Waals surface area contributed by atoms with Crippen molar-refractivity contribution in [3.8, 4) is 11.5 Å². The van der Waals surface area contributed by atoms with Gasteiger partial charge in [-0.25, -0.2) is 4.99 Å². The zero-order valence-electron chi connectivity index (χ0n) is 25.4. The Hall–Kier alpha value is -4.34. The van der Waals surface area contributed by atoms with Gasteiger partial charge in [0.25, 0.3) is 11.8 Å². The first kappa shape index (κ1) is 32.1. The van der Waals surface area contributed by atoms with Crippen LogP contribution >= 0.6 is 27.7 Å². The second-order valence-corrected chi connectivity index (χ2v) is 12.0. The van der Waals surface area contributed by atoms with Gasteiger partial charge in [-0.3, -0.25) is 14.5 Å². The van der Waals surface area contributed by atoms with E-state index in [9.17, 15) is 9.59 Å². The van der Waals surface area contributed by atoms with E-state index in [1.54, 1.807) is 17.0 Å². The first-order valence-corrected chi connectivity index (χ1v) is 16.4. The number of hydrogen-bond acceptors (Lipinski definition) is 6. The van der Waals surface area contributed by atoms with Crippen LogP contribution in [0, 0.1) is 0 Å². The van der Waals surface area contributed by atoms with Crippen LogP contribution in [-0.4, -0.2) is 30.2 Å². The van der Waals surface area contributed by atoms with Crippen LogP contribution in [0.3, 0.4) is 0 Å². The molecule has 9 heteroatoms. The van der Waals surface area contributed by atoms with E-state index in [1.807, 2.05) is 79.7 Å². The van der Waals surface area contributed by atoms with Gasteiger partial charge in [0.15, 0.2) is 23.3 Å². The molecule has 45 heavy (non-hydrogen) atoms. The lowest BCUT2D eigenvalue weighted by Crippen LogP contribution is -2.28. The Balaban J connectivity index is 1.43. The molecule has 1 fully saturated rings. The average molecular weight is 685 g/mol. The van der Waals surface area contributed by atoms with Crippen molar-refractivity contribution >= 4 is 67.8 Å². The number of nitrogens with one attached hydrogen (secondary N) is 1. The highest BCUT2D eigenvalue weighted by atomic mass is 79.9. The molecule has 0 bridgehead atoms. The zero-order valence-corrected chi connectivity index (χ0v) is 27.8. The Morgan fingerprint density at radius 1 is 0.889 bits per heavy atom. The van der Waals surface area contributed by atoms with Gasteiger partial charge in [0.1, 0.15) is 0 Å². The van der Waals surface area contributed by atoms with E-state index >= 15 is 0 Å². The lowest BCUT2D eigenvalue weighted by molar-refractivity contribution is -0.118. The van der Waals surface area contributed by atoms with Crippen LogP contribution in [0.15, 0.2) is 105 Å². The minimum atomic E-state index is -0.290. The Morgan fingerprint density at radius 2 is 1.53 bits per heavy atom. The predicted octanol–water partition coefficient (Wildman–Crippen LogP) is 8.80. The SMILES string of the molecule is CCOc1cc(/C=C2\SC(=Nc3ccc(CC)cc3)N(c3ccc(CC)cc3)C2=O)c(Br)cc1OCC(=O)Nc1ccccc1. The van der Waals surface area contributed by atoms with Crippen molar-refractivity contribution in [2.75, 3.05) is 23.4 Å². The van der Waals surface area contributed by atoms with Gasteiger partial charge in [-0.2, -0.15) is 0 Å². The summed E-state index contributed by atoms with van der Waals surface area (Å²) in [7, 11) is 0. The maximum absolute atomic E-state index is 13.9. The van der Waals surface area contributed by atoms with Crippen molar-refractivity contribution in [2.24, 2.45) is 4.99 Å². The fourth-order valence-electron chi connectivity index (χ4n) is 4.62. The van der Waals surface area contributed by atoms with Crippen LogP contribution < -0.4 is 19.7 Å². The van der Waals surface area contributed by atoms with Gasteiger partial charge in [0.2, 0.25) is 0 Å². The molecule has 1 saturated heterocycles. The molecule has 0 radical (unpaired) electrons. The summed E-state index contributed by atoms with van der Waals surface area (Å²) in [6.45, 7) is 6.29. The number of halogens is 1. The number of amides is 2. The number of benzene rings is 4. The van der Waals surface area contributed by atoms with Crippen LogP contribution in [0.25, 0.3) is 6.08 Å². The maximum Gasteiger partial charge on any atom is 0.271 e. The average Bonchev–Trinajstić information content (AvgIpc) is 3.36. The number of hydrogen-bond donors (Lipinski definition) is 1. The summed E-state index contributed by atoms with van der Waals surface area (Å²) in [6.07, 6.45) is 3.67. The Kier molecular flexibility index (Phi) is 10.8. The highest BCUT2D eigenvalue weighted by molar-refractivity contribution is 9.10. The number of aryl methyl sites for hydroxylation is 2. The van der Waals surface area contributed by atoms with Crippen molar-refractivity contribution in [1.82, 2.24) is 0 Å². The molecule has 4 aromatic carbocycles. The predicted molar refractivity (Wildman–Crippen MR) is 188 cm³/mol. The number of amidine groups is 1. The molecule has 0 spiro atoms. The summed E-state index contributed by atoms with van der Waals surface area (Å²) in [5.41, 5.74) is 5.36. The molecule has 0 aliphatic carbocycles. The van der Waals surface area contributed by atoms with E-state index in [0.717, 1.165) is 29.8 Å². The summed E-state index contributed by atoms with van der Waals surface area (Å²) in [6, 6.07) is 28.8. The molecule has 1 aliphatic rings. The van der Waals surface area contributed by atoms with Crippen LogP contribution in [0.2, 0.25) is 0 Å². The number of carbonyl (C=O) groups is 2. The van der Waals surface area contributed by atoms with E-state index in [2.05, 4.69) is 47.2 Å². The maximum atomic E-state index is 13.9. The van der Waals surface area contributed by atoms with Crippen molar-refractivity contribution in [2.45, 2.75) is 33.6 Å². The Bertz CT molecular complexity index is 1720. The molecule has 1 heterocycles. The Labute approximate surface area is 276 Å². The second-order valence-electron chi connectivity index (χ2n) is 10.1. The van der Waals surface area contributed by atoms with E-state index in [-0.39, 0.29) is 18.4 Å². The summed E-state index contributed by atoms with van der Waals surface area (Å²) < 4.78 is 12.4. The lowest BCUT2D eigenvalue weighted by Gasteiger charge is -2.16. The van der Waals surface area contributed by atoms with Crippen molar-refractivity contribution in [1.29, 1.82) is 0 Å². The number of para-hydroxylation sites is 1. The number of ether oxygens (including phenoxy) is 2. The smallest absolute Gasteiger partial charge is 0.271 e. The number of nitrogens with zero attached hydrogens (tertiary/aromatic N) is 2. The molecule has 0 atom stereocenters. The van der Waals surface area contributed by atoms with Gasteiger partial charge in [-0.1, -0.05) is 72.2 Å². The number of carbonyl (C=O) groups excluding carboxylic acids is 2. The van der Waals surface area contributed by atoms with Crippen molar-refractivity contribution < 1.29 is 19.1 Å². The van der Waals surface area contributed by atoms with E-state index in [4.69, 9.17) is 14.5 Å². The van der Waals surface area contributed by atoms with Gasteiger partial charge in [0.05, 0.1) is 22.9 Å². The minimum absolute atomic E-state index is 0.170. The van der Waals surface area contributed by atoms with Gasteiger partial charge >= 0.3 is 0 Å². The first-order chi connectivity index (χ1) is 21.9. The minimum Gasteiger partial charge on any atom is -0.490 e. The third-order valence-electron chi connectivity index (χ3n) is 7.04. The molecule has 0 unspecified atom stereocenters. The van der Waals surface area contributed by atoms with Crippen LogP contribution in [0.4, 0.5) is 17.1 Å². The van der Waals surface area contributed by atoms with Gasteiger partial charge in [-0.05, 0) is 103 Å². The summed E-state index contributed by atoms with van der Waals surface area (Å²) in [5.74, 6) is 0.417. The van der Waals surface area contributed by atoms with Crippen molar-refractivity contribution in [3.05, 3.63) is 117 Å². The summed E-state index contributed by atoms with van der Waals surface area (Å²) in [4.78, 5) is 33.5. The molecular weight excluding hydrogens is 650 g/mol. The van der Waals surface area contributed by atoms with E-state index in [0.29, 0.717) is 38.3 Å². The highest BCUT2D eigenvalue weighted by Gasteiger charge is 2.35. The normalized spacial score (nSPS) is 14.7. The molecule has 5 rings (SSSR count). The van der Waals surface area contributed by atoms with Gasteiger partial charge in [-0.15, -0.1) is 0 Å². The molecule has 0 aromatic heterocycles. The quantitative estimate of drug-likeness (QED) is 0.160. The zero-order chi connectivity index (χ0) is 31.8. The van der Waals surface area contributed by atoms with E-state index in [1.165, 1.54) is 22.9 Å². The molecule has 230 valence electrons. The molecule has 4 aromatic rings. The lowest BCUT2D eigenvalue weighted by atomic mass is 10.1. The standard InChI is InChI=1S/C36H34BrN3O4S/c1-4-24-12-16-28(17-13-24)39-36-40(29-18-14-25(5-2)15-19-29)35(42)33(45-36)21-26-20-31(43-6-3)32(22-30(26)37)44-23-34(41)38-27-10-8-7-9-11-27/h7-22H,4-6,23H2,1-3H3,(H,38,41)/b33-21-,39-36?. The van der Waals surface area contributed by atoms with Crippen LogP contribution in [0.1, 0.15) is 37.5 Å². The van der Waals surface area contributed by atoms with Gasteiger partial charge < -0.3 is 14.8 Å². The third-order valence-corrected chi connectivity index (χ3v) is 8.70. The number of rotatable bonds is 11. The Morgan fingerprint density at radius 3 is 2.18 bits per heavy atom. The number of anilines is 2. The van der Waals surface area contributed by atoms with E-state index < -0.39 is 0 Å². The topological polar surface area (TPSA) is 80.2 Å². The highest BCUT2D eigenvalue weighted by Crippen LogP contribution is 2.40. The second kappa shape index (κ2) is 15.1. The molecule has 1 N–H and O–H groups in total. The molecule has 0 saturated carbocycles. The fourth-order valence-corrected chi connectivity index (χ4v) is 6.05. The van der Waals surface area contributed by atoms with Crippen molar-refractivity contribution in [3.63, 3.8) is 0 Å². The fraction of sp³-hybridized carbons (Fsp3) is 0.194. The third kappa shape index (κ3) is 8.04. The van der Waals surface area contributed by atoms with Crippen LogP contribution in [0.5, 0.6) is 11.5 Å². The summed E-state index contributed by atoms with van der Waals surface area (Å²) in [5, 5.41) is 3.39. The number of thioether (sulfide) groups is 1. The molecule has 2 amide bonds. The first-order valence-electron chi connectivity index (χ1n) is 14.8. The molecule has 1 aliphatic heterocycles. The summed E-state index contributed by atoms with van der Waals surface area (Å²) >= 11 is 4.95. The largest absolute Gasteiger partial charge is 0.490 e. The monoisotopic (exact) mass is 683 g/mol. The van der Waals surface area contributed by atoms with Gasteiger partial charge in [0, 0.05) is 10.2 Å². The van der Waals surface area contributed by atoms with Crippen LogP contribution in [-0.2, 0) is 22.4 Å². The molecular formula is C36H34BrN3O4S. The molecule has 7 nitrogen and oxygen atoms in total. The number of aliphatic imine (C=N–C) groups is 1.